The summed E-state index contributed by atoms with van der Waals surface area (Å²) < 4.78 is 24.6. The van der Waals surface area contributed by atoms with Crippen molar-refractivity contribution in [2.45, 2.75) is 33.7 Å². The van der Waals surface area contributed by atoms with Gasteiger partial charge in [0.1, 0.15) is 0 Å². The Morgan fingerprint density at radius 1 is 0.600 bits per heavy atom. The summed E-state index contributed by atoms with van der Waals surface area (Å²) in [4.78, 5) is 0. The molecular weight excluding hydrogens is 455 g/mol. The van der Waals surface area contributed by atoms with E-state index in [0.29, 0.717) is 0 Å². The summed E-state index contributed by atoms with van der Waals surface area (Å²) >= 11 is 0. The average molecular weight is 483 g/mol. The monoisotopic (exact) mass is 482 g/mol. The van der Waals surface area contributed by atoms with Crippen molar-refractivity contribution >= 4 is 18.5 Å². The summed E-state index contributed by atoms with van der Waals surface area (Å²) in [6, 6.07) is 25.0. The molecule has 4 aromatic rings. The van der Waals surface area contributed by atoms with E-state index < -0.39 is 14.0 Å². The number of ether oxygens (including phenoxy) is 4. The van der Waals surface area contributed by atoms with E-state index in [1.54, 1.807) is 0 Å². The largest absolute Gasteiger partial charge is 0.454 e. The fraction of sp³-hybridized carbons (Fsp3) is 0.200. The second-order valence-corrected chi connectivity index (χ2v) is 11.5. The zero-order chi connectivity index (χ0) is 24.1. The normalized spacial score (nSPS) is 15.6. The van der Waals surface area contributed by atoms with E-state index in [1.165, 1.54) is 32.9 Å². The topological polar surface area (TPSA) is 36.9 Å². The first-order chi connectivity index (χ1) is 17.0. The van der Waals surface area contributed by atoms with Gasteiger partial charge in [0, 0.05) is 19.0 Å². The van der Waals surface area contributed by atoms with Gasteiger partial charge in [-0.1, -0.05) is 82.9 Å². The van der Waals surface area contributed by atoms with Crippen LogP contribution in [-0.2, 0) is 0 Å². The molecule has 1 unspecified atom stereocenters. The standard InChI is InChI=1S/C30H27O4P/c1-18-11-19(2)14-22(13-18)35(23-15-20(3)12-21(4)16-23)30-33-27-10-6-8-25(29(27)34-30)24-7-5-9-26-28(24)32-17-31-26/h5-16,30H,17H2,1-4H3. The zero-order valence-electron chi connectivity index (χ0n) is 20.3. The Morgan fingerprint density at radius 3 is 1.74 bits per heavy atom. The Balaban J connectivity index is 1.45. The minimum Gasteiger partial charge on any atom is -0.454 e. The fourth-order valence-corrected chi connectivity index (χ4v) is 7.58. The van der Waals surface area contributed by atoms with Crippen LogP contribution in [0.15, 0.2) is 72.8 Å². The van der Waals surface area contributed by atoms with Gasteiger partial charge < -0.3 is 18.9 Å². The van der Waals surface area contributed by atoms with E-state index in [2.05, 4.69) is 70.2 Å². The molecule has 0 amide bonds. The molecule has 4 aromatic carbocycles. The highest BCUT2D eigenvalue weighted by Gasteiger charge is 2.37. The second-order valence-electron chi connectivity index (χ2n) is 9.28. The predicted molar refractivity (Wildman–Crippen MR) is 141 cm³/mol. The second kappa shape index (κ2) is 8.62. The lowest BCUT2D eigenvalue weighted by atomic mass is 10.0. The minimum absolute atomic E-state index is 0.228. The molecule has 0 spiro atoms. The molecular formula is C30H27O4P. The Bertz CT molecular complexity index is 1350. The molecule has 0 fully saturated rings. The summed E-state index contributed by atoms with van der Waals surface area (Å²) in [5.41, 5.74) is 6.86. The molecule has 0 radical (unpaired) electrons. The Kier molecular flexibility index (Phi) is 5.42. The third-order valence-corrected chi connectivity index (χ3v) is 8.55. The van der Waals surface area contributed by atoms with Gasteiger partial charge in [0.05, 0.1) is 0 Å². The quantitative estimate of drug-likeness (QED) is 0.311. The highest BCUT2D eigenvalue weighted by molar-refractivity contribution is 7.73. The van der Waals surface area contributed by atoms with Crippen molar-refractivity contribution in [1.82, 2.24) is 0 Å². The highest BCUT2D eigenvalue weighted by Crippen LogP contribution is 2.53. The zero-order valence-corrected chi connectivity index (χ0v) is 21.2. The number of benzene rings is 4. The van der Waals surface area contributed by atoms with Gasteiger partial charge >= 0.3 is 0 Å². The van der Waals surface area contributed by atoms with Crippen LogP contribution in [0.3, 0.4) is 0 Å². The van der Waals surface area contributed by atoms with Crippen molar-refractivity contribution < 1.29 is 18.9 Å². The van der Waals surface area contributed by atoms with Crippen LogP contribution in [0.1, 0.15) is 22.3 Å². The molecule has 4 nitrogen and oxygen atoms in total. The molecule has 0 N–H and O–H groups in total. The van der Waals surface area contributed by atoms with E-state index >= 15 is 0 Å². The van der Waals surface area contributed by atoms with Gasteiger partial charge in [-0.15, -0.1) is 0 Å². The maximum absolute atomic E-state index is 6.69. The number of hydrogen-bond donors (Lipinski definition) is 0. The smallest absolute Gasteiger partial charge is 0.266 e. The molecule has 6 rings (SSSR count). The lowest BCUT2D eigenvalue weighted by molar-refractivity contribution is 0.132. The van der Waals surface area contributed by atoms with Gasteiger partial charge in [0.25, 0.3) is 6.03 Å². The predicted octanol–water partition coefficient (Wildman–Crippen LogP) is 6.50. The van der Waals surface area contributed by atoms with Gasteiger partial charge in [-0.3, -0.25) is 0 Å². The summed E-state index contributed by atoms with van der Waals surface area (Å²) in [6.45, 7) is 8.81. The van der Waals surface area contributed by atoms with Crippen LogP contribution in [0.4, 0.5) is 0 Å². The van der Waals surface area contributed by atoms with Crippen molar-refractivity contribution in [2.24, 2.45) is 0 Å². The Morgan fingerprint density at radius 2 is 1.14 bits per heavy atom. The first-order valence-corrected chi connectivity index (χ1v) is 13.2. The molecule has 2 aliphatic heterocycles. The van der Waals surface area contributed by atoms with Crippen LogP contribution in [0, 0.1) is 27.7 Å². The van der Waals surface area contributed by atoms with Crippen molar-refractivity contribution in [3.63, 3.8) is 0 Å². The fourth-order valence-electron chi connectivity index (χ4n) is 5.00. The molecule has 1 atom stereocenters. The Labute approximate surface area is 207 Å². The maximum atomic E-state index is 6.69. The van der Waals surface area contributed by atoms with Crippen molar-refractivity contribution in [3.05, 3.63) is 95.1 Å². The molecule has 2 heterocycles. The van der Waals surface area contributed by atoms with Crippen molar-refractivity contribution in [3.8, 4) is 34.1 Å². The van der Waals surface area contributed by atoms with Gasteiger partial charge in [-0.2, -0.15) is 0 Å². The molecule has 0 saturated carbocycles. The molecule has 5 heteroatoms. The van der Waals surface area contributed by atoms with Crippen molar-refractivity contribution in [1.29, 1.82) is 0 Å². The van der Waals surface area contributed by atoms with Crippen molar-refractivity contribution in [2.75, 3.05) is 6.79 Å². The number of fused-ring (bicyclic) bond motifs is 2. The maximum Gasteiger partial charge on any atom is 0.266 e. The number of para-hydroxylation sites is 2. The van der Waals surface area contributed by atoms with Gasteiger partial charge in [0.2, 0.25) is 6.79 Å². The van der Waals surface area contributed by atoms with E-state index in [1.807, 2.05) is 30.3 Å². The first kappa shape index (κ1) is 22.0. The summed E-state index contributed by atoms with van der Waals surface area (Å²) in [7, 11) is -0.950. The summed E-state index contributed by atoms with van der Waals surface area (Å²) in [5.74, 6) is 3.01. The lowest BCUT2D eigenvalue weighted by Crippen LogP contribution is -2.28. The number of hydrogen-bond acceptors (Lipinski definition) is 4. The van der Waals surface area contributed by atoms with Crippen LogP contribution in [0.25, 0.3) is 11.1 Å². The third kappa shape index (κ3) is 4.02. The molecule has 2 aliphatic rings. The van der Waals surface area contributed by atoms with E-state index in [-0.39, 0.29) is 6.79 Å². The van der Waals surface area contributed by atoms with Crippen LogP contribution < -0.4 is 29.6 Å². The van der Waals surface area contributed by atoms with Crippen LogP contribution in [-0.4, -0.2) is 12.8 Å². The molecule has 0 saturated heterocycles. The summed E-state index contributed by atoms with van der Waals surface area (Å²) in [5, 5.41) is 2.50. The Hall–Kier alpha value is -3.49. The van der Waals surface area contributed by atoms with Crippen LogP contribution >= 0.6 is 7.92 Å². The molecule has 0 aliphatic carbocycles. The van der Waals surface area contributed by atoms with E-state index in [0.717, 1.165) is 34.1 Å². The minimum atomic E-state index is -0.950. The number of aryl methyl sites for hydroxylation is 4. The highest BCUT2D eigenvalue weighted by atomic mass is 31.1. The third-order valence-electron chi connectivity index (χ3n) is 6.29. The van der Waals surface area contributed by atoms with Gasteiger partial charge in [-0.05, 0) is 50.4 Å². The van der Waals surface area contributed by atoms with Crippen LogP contribution in [0.5, 0.6) is 23.0 Å². The molecule has 35 heavy (non-hydrogen) atoms. The molecule has 0 bridgehead atoms. The molecule has 0 aromatic heterocycles. The lowest BCUT2D eigenvalue weighted by Gasteiger charge is -2.25. The first-order valence-electron chi connectivity index (χ1n) is 11.8. The SMILES string of the molecule is Cc1cc(C)cc(P(c2cc(C)cc(C)c2)C2Oc3cccc(-c4cccc5c4OCO5)c3O2)c1. The average Bonchev–Trinajstić information content (AvgIpc) is 3.44. The van der Waals surface area contributed by atoms with Gasteiger partial charge in [0.15, 0.2) is 23.0 Å². The van der Waals surface area contributed by atoms with E-state index in [4.69, 9.17) is 18.9 Å². The van der Waals surface area contributed by atoms with Gasteiger partial charge in [-0.25, -0.2) is 0 Å². The van der Waals surface area contributed by atoms with Crippen LogP contribution in [0.2, 0.25) is 0 Å². The number of rotatable bonds is 4. The molecule has 176 valence electrons. The summed E-state index contributed by atoms with van der Waals surface area (Å²) in [6.07, 6.45) is 0. The van der Waals surface area contributed by atoms with E-state index in [9.17, 15) is 0 Å².